The first-order valence-electron chi connectivity index (χ1n) is 6.03. The molecule has 0 spiro atoms. The molecular weight excluding hydrogens is 308 g/mol. The van der Waals surface area contributed by atoms with Crippen molar-refractivity contribution in [3.8, 4) is 0 Å². The average Bonchev–Trinajstić information content (AvgIpc) is 2.34. The first kappa shape index (κ1) is 17.6. The van der Waals surface area contributed by atoms with Gasteiger partial charge >= 0.3 is 12.2 Å². The van der Waals surface area contributed by atoms with Gasteiger partial charge < -0.3 is 5.32 Å². The van der Waals surface area contributed by atoms with Gasteiger partial charge in [0.1, 0.15) is 11.6 Å². The first-order chi connectivity index (χ1) is 10.1. The van der Waals surface area contributed by atoms with Crippen molar-refractivity contribution in [2.75, 3.05) is 0 Å². The molecule has 1 rings (SSSR count). The second-order valence-corrected chi connectivity index (χ2v) is 4.37. The number of amides is 3. The Morgan fingerprint density at radius 2 is 1.82 bits per heavy atom. The van der Waals surface area contributed by atoms with Crippen LogP contribution in [0, 0.1) is 5.82 Å². The van der Waals surface area contributed by atoms with Crippen molar-refractivity contribution in [2.45, 2.75) is 26.1 Å². The van der Waals surface area contributed by atoms with Crippen LogP contribution in [0.4, 0.5) is 22.4 Å². The number of imide groups is 1. The van der Waals surface area contributed by atoms with Gasteiger partial charge in [-0.3, -0.25) is 14.9 Å². The third-order valence-electron chi connectivity index (χ3n) is 2.51. The zero-order valence-electron chi connectivity index (χ0n) is 11.4. The minimum absolute atomic E-state index is 0.487. The van der Waals surface area contributed by atoms with E-state index in [-0.39, 0.29) is 0 Å². The summed E-state index contributed by atoms with van der Waals surface area (Å²) >= 11 is 0. The number of urea groups is 1. The Kier molecular flexibility index (Phi) is 5.61. The highest BCUT2D eigenvalue weighted by Crippen LogP contribution is 2.32. The monoisotopic (exact) mass is 320 g/mol. The molecule has 0 saturated heterocycles. The predicted molar refractivity (Wildman–Crippen MR) is 67.1 cm³/mol. The fraction of sp³-hybridized carbons (Fsp3) is 0.308. The molecule has 1 aromatic carbocycles. The van der Waals surface area contributed by atoms with Crippen LogP contribution < -0.4 is 10.6 Å². The highest BCUT2D eigenvalue weighted by Gasteiger charge is 2.34. The number of nitrogens with one attached hydrogen (secondary N) is 2. The fourth-order valence-electron chi connectivity index (χ4n) is 1.61. The molecule has 120 valence electrons. The van der Waals surface area contributed by atoms with E-state index in [9.17, 15) is 31.9 Å². The van der Waals surface area contributed by atoms with E-state index in [4.69, 9.17) is 0 Å². The van der Waals surface area contributed by atoms with Crippen molar-refractivity contribution >= 4 is 17.7 Å². The fourth-order valence-corrected chi connectivity index (χ4v) is 1.61. The van der Waals surface area contributed by atoms with Crippen LogP contribution in [0.3, 0.4) is 0 Å². The van der Waals surface area contributed by atoms with Crippen molar-refractivity contribution in [2.24, 2.45) is 0 Å². The van der Waals surface area contributed by atoms with Crippen molar-refractivity contribution in [1.29, 1.82) is 0 Å². The van der Waals surface area contributed by atoms with Crippen LogP contribution in [0.1, 0.15) is 24.5 Å². The number of carbonyl (C=O) groups is 3. The van der Waals surface area contributed by atoms with Gasteiger partial charge in [-0.15, -0.1) is 0 Å². The second-order valence-electron chi connectivity index (χ2n) is 4.37. The van der Waals surface area contributed by atoms with Gasteiger partial charge in [-0.2, -0.15) is 13.2 Å². The van der Waals surface area contributed by atoms with E-state index < -0.39 is 53.8 Å². The minimum Gasteiger partial charge on any atom is -0.334 e. The second kappa shape index (κ2) is 7.01. The lowest BCUT2D eigenvalue weighted by Gasteiger charge is -2.14. The predicted octanol–water partition coefficient (Wildman–Crippen LogP) is 2.15. The molecule has 0 aliphatic rings. The highest BCUT2D eigenvalue weighted by molar-refractivity contribution is 6.03. The van der Waals surface area contributed by atoms with Crippen molar-refractivity contribution in [3.63, 3.8) is 0 Å². The smallest absolute Gasteiger partial charge is 0.334 e. The number of Topliss-reactive ketones (excluding diaryl/α,β-unsaturated/α-hetero) is 1. The van der Waals surface area contributed by atoms with Gasteiger partial charge in [-0.25, -0.2) is 9.18 Å². The minimum atomic E-state index is -4.78. The summed E-state index contributed by atoms with van der Waals surface area (Å²) < 4.78 is 51.6. The van der Waals surface area contributed by atoms with E-state index in [0.29, 0.717) is 6.07 Å². The number of halogens is 4. The van der Waals surface area contributed by atoms with E-state index in [2.05, 4.69) is 0 Å². The van der Waals surface area contributed by atoms with Crippen molar-refractivity contribution in [1.82, 2.24) is 10.6 Å². The zero-order chi connectivity index (χ0) is 16.9. The Hall–Kier alpha value is -2.45. The van der Waals surface area contributed by atoms with Crippen molar-refractivity contribution < 1.29 is 31.9 Å². The Balaban J connectivity index is 2.74. The topological polar surface area (TPSA) is 75.3 Å². The number of rotatable bonds is 4. The summed E-state index contributed by atoms with van der Waals surface area (Å²) in [6, 6.07) is 1.28. The summed E-state index contributed by atoms with van der Waals surface area (Å²) in [5.41, 5.74) is -1.97. The van der Waals surface area contributed by atoms with Crippen LogP contribution in [0.2, 0.25) is 0 Å². The Morgan fingerprint density at radius 3 is 2.36 bits per heavy atom. The molecule has 0 atom stereocenters. The van der Waals surface area contributed by atoms with Gasteiger partial charge in [-0.1, -0.05) is 6.07 Å². The maximum absolute atomic E-state index is 13.5. The number of hydrogen-bond donors (Lipinski definition) is 2. The van der Waals surface area contributed by atoms with Crippen LogP contribution in [-0.2, 0) is 22.3 Å². The summed E-state index contributed by atoms with van der Waals surface area (Å²) in [4.78, 5) is 33.1. The van der Waals surface area contributed by atoms with Gasteiger partial charge in [0, 0.05) is 12.1 Å². The molecule has 3 amide bonds. The standard InChI is InChI=1S/C13H12F4N2O3/c1-7(20)5-11(21)19-12(22)18-6-8-9(13(15,16)17)3-2-4-10(8)14/h2-4H,5-6H2,1H3,(H2,18,19,21,22). The van der Waals surface area contributed by atoms with Crippen molar-refractivity contribution in [3.05, 3.63) is 35.1 Å². The normalized spacial score (nSPS) is 11.0. The molecule has 0 unspecified atom stereocenters. The molecule has 0 aliphatic heterocycles. The molecule has 0 bridgehead atoms. The molecule has 0 heterocycles. The largest absolute Gasteiger partial charge is 0.416 e. The molecule has 0 fully saturated rings. The molecule has 0 aliphatic carbocycles. The SMILES string of the molecule is CC(=O)CC(=O)NC(=O)NCc1c(F)cccc1C(F)(F)F. The van der Waals surface area contributed by atoms with Crippen LogP contribution in [0.25, 0.3) is 0 Å². The third-order valence-corrected chi connectivity index (χ3v) is 2.51. The number of alkyl halides is 3. The summed E-state index contributed by atoms with van der Waals surface area (Å²) in [7, 11) is 0. The van der Waals surface area contributed by atoms with E-state index in [1.165, 1.54) is 0 Å². The third kappa shape index (κ3) is 5.15. The molecule has 22 heavy (non-hydrogen) atoms. The van der Waals surface area contributed by atoms with Gasteiger partial charge in [0.05, 0.1) is 12.0 Å². The van der Waals surface area contributed by atoms with Crippen LogP contribution in [0.15, 0.2) is 18.2 Å². The van der Waals surface area contributed by atoms with E-state index in [1.807, 2.05) is 5.32 Å². The molecule has 0 radical (unpaired) electrons. The Morgan fingerprint density at radius 1 is 1.18 bits per heavy atom. The highest BCUT2D eigenvalue weighted by atomic mass is 19.4. The maximum Gasteiger partial charge on any atom is 0.416 e. The number of hydrogen-bond acceptors (Lipinski definition) is 3. The molecular formula is C13H12F4N2O3. The molecule has 0 saturated carbocycles. The lowest BCUT2D eigenvalue weighted by atomic mass is 10.1. The van der Waals surface area contributed by atoms with Gasteiger partial charge in [0.25, 0.3) is 0 Å². The van der Waals surface area contributed by atoms with E-state index in [1.54, 1.807) is 5.32 Å². The lowest BCUT2D eigenvalue weighted by molar-refractivity contribution is -0.138. The van der Waals surface area contributed by atoms with E-state index in [0.717, 1.165) is 19.1 Å². The van der Waals surface area contributed by atoms with Gasteiger partial charge in [0.2, 0.25) is 5.91 Å². The molecule has 2 N–H and O–H groups in total. The van der Waals surface area contributed by atoms with Crippen LogP contribution >= 0.6 is 0 Å². The maximum atomic E-state index is 13.5. The van der Waals surface area contributed by atoms with E-state index >= 15 is 0 Å². The summed E-state index contributed by atoms with van der Waals surface area (Å²) in [6.45, 7) is 0.368. The molecule has 0 aromatic heterocycles. The number of benzene rings is 1. The summed E-state index contributed by atoms with van der Waals surface area (Å²) in [5, 5.41) is 3.68. The summed E-state index contributed by atoms with van der Waals surface area (Å²) in [6.07, 6.45) is -5.32. The molecule has 5 nitrogen and oxygen atoms in total. The zero-order valence-corrected chi connectivity index (χ0v) is 11.4. The summed E-state index contributed by atoms with van der Waals surface area (Å²) in [5.74, 6) is -2.53. The Labute approximate surface area is 122 Å². The quantitative estimate of drug-likeness (QED) is 0.659. The van der Waals surface area contributed by atoms with Crippen LogP contribution in [0.5, 0.6) is 0 Å². The lowest BCUT2D eigenvalue weighted by Crippen LogP contribution is -2.40. The first-order valence-corrected chi connectivity index (χ1v) is 6.03. The number of carbonyl (C=O) groups excluding carboxylic acids is 3. The van der Waals surface area contributed by atoms with Gasteiger partial charge in [-0.05, 0) is 19.1 Å². The van der Waals surface area contributed by atoms with Gasteiger partial charge in [0.15, 0.2) is 0 Å². The average molecular weight is 320 g/mol. The Bertz CT molecular complexity index is 599. The van der Waals surface area contributed by atoms with Crippen LogP contribution in [-0.4, -0.2) is 17.7 Å². The molecule has 9 heteroatoms. The molecule has 1 aromatic rings. The number of ketones is 1.